The van der Waals surface area contributed by atoms with E-state index in [4.69, 9.17) is 17.0 Å². The van der Waals surface area contributed by atoms with Gasteiger partial charge in [-0.2, -0.15) is 0 Å². The molecule has 1 aliphatic rings. The van der Waals surface area contributed by atoms with Crippen molar-refractivity contribution < 1.29 is 19.1 Å². The van der Waals surface area contributed by atoms with Crippen LogP contribution in [0.2, 0.25) is 0 Å². The lowest BCUT2D eigenvalue weighted by atomic mass is 10.2. The molecule has 1 heterocycles. The highest BCUT2D eigenvalue weighted by atomic mass is 32.2. The monoisotopic (exact) mass is 393 g/mol. The van der Waals surface area contributed by atoms with Crippen LogP contribution in [0.25, 0.3) is 6.08 Å². The molecule has 140 valence electrons. The number of thioether (sulfide) groups is 1. The first-order valence-electron chi connectivity index (χ1n) is 8.60. The number of benzene rings is 1. The number of carbonyl (C=O) groups excluding carboxylic acids is 2. The van der Waals surface area contributed by atoms with Gasteiger partial charge in [0.2, 0.25) is 0 Å². The van der Waals surface area contributed by atoms with Gasteiger partial charge in [0.1, 0.15) is 10.1 Å². The first kappa shape index (κ1) is 20.5. The van der Waals surface area contributed by atoms with E-state index in [2.05, 4.69) is 11.7 Å². The van der Waals surface area contributed by atoms with Gasteiger partial charge < -0.3 is 9.47 Å². The van der Waals surface area contributed by atoms with Crippen LogP contribution in [0.1, 0.15) is 38.2 Å². The Kier molecular flexibility index (Phi) is 8.12. The summed E-state index contributed by atoms with van der Waals surface area (Å²) < 4.78 is 10.8. The van der Waals surface area contributed by atoms with Gasteiger partial charge in [0.25, 0.3) is 5.91 Å². The third kappa shape index (κ3) is 5.85. The minimum atomic E-state index is -0.286. The fraction of sp³-hybridized carbons (Fsp3) is 0.421. The molecule has 7 heteroatoms. The fourth-order valence-corrected chi connectivity index (χ4v) is 3.66. The highest BCUT2D eigenvalue weighted by molar-refractivity contribution is 8.26. The SMILES string of the molecule is CCCCOc1cccc(/C=C2/SC(=S)N(CCCC(=O)OC)C2=O)c1. The smallest absolute Gasteiger partial charge is 0.305 e. The number of thiocarbonyl (C=S) groups is 1. The average Bonchev–Trinajstić information content (AvgIpc) is 2.89. The quantitative estimate of drug-likeness (QED) is 0.273. The molecule has 0 spiro atoms. The van der Waals surface area contributed by atoms with Crippen LogP contribution in [0.15, 0.2) is 29.2 Å². The molecule has 0 radical (unpaired) electrons. The number of hydrogen-bond donors (Lipinski definition) is 0. The number of nitrogens with zero attached hydrogens (tertiary/aromatic N) is 1. The third-order valence-electron chi connectivity index (χ3n) is 3.79. The zero-order valence-corrected chi connectivity index (χ0v) is 16.7. The number of unbranched alkanes of at least 4 members (excludes halogenated alkanes) is 1. The van der Waals surface area contributed by atoms with E-state index in [0.717, 1.165) is 24.2 Å². The summed E-state index contributed by atoms with van der Waals surface area (Å²) in [4.78, 5) is 25.9. The summed E-state index contributed by atoms with van der Waals surface area (Å²) in [5.74, 6) is 0.383. The third-order valence-corrected chi connectivity index (χ3v) is 5.16. The van der Waals surface area contributed by atoms with E-state index in [1.807, 2.05) is 30.3 Å². The molecule has 0 saturated carbocycles. The summed E-state index contributed by atoms with van der Waals surface area (Å²) in [7, 11) is 1.35. The van der Waals surface area contributed by atoms with Crippen molar-refractivity contribution in [1.82, 2.24) is 4.90 Å². The van der Waals surface area contributed by atoms with E-state index in [-0.39, 0.29) is 18.3 Å². The second kappa shape index (κ2) is 10.3. The molecule has 1 aromatic carbocycles. The van der Waals surface area contributed by atoms with Crippen molar-refractivity contribution in [3.05, 3.63) is 34.7 Å². The van der Waals surface area contributed by atoms with Crippen molar-refractivity contribution in [1.29, 1.82) is 0 Å². The summed E-state index contributed by atoms with van der Waals surface area (Å²) in [5.41, 5.74) is 0.897. The van der Waals surface area contributed by atoms with Gasteiger partial charge in [-0.15, -0.1) is 0 Å². The van der Waals surface area contributed by atoms with Gasteiger partial charge >= 0.3 is 5.97 Å². The molecular weight excluding hydrogens is 370 g/mol. The normalized spacial score (nSPS) is 15.6. The average molecular weight is 394 g/mol. The van der Waals surface area contributed by atoms with Crippen LogP contribution >= 0.6 is 24.0 Å². The predicted octanol–water partition coefficient (Wildman–Crippen LogP) is 4.02. The van der Waals surface area contributed by atoms with Crippen molar-refractivity contribution >= 4 is 46.3 Å². The van der Waals surface area contributed by atoms with E-state index >= 15 is 0 Å². The maximum Gasteiger partial charge on any atom is 0.305 e. The van der Waals surface area contributed by atoms with Crippen molar-refractivity contribution in [3.8, 4) is 5.75 Å². The molecule has 1 amide bonds. The summed E-state index contributed by atoms with van der Waals surface area (Å²) in [6.07, 6.45) is 4.70. The first-order valence-corrected chi connectivity index (χ1v) is 9.82. The fourth-order valence-electron chi connectivity index (χ4n) is 2.36. The Bertz CT molecular complexity index is 703. The Morgan fingerprint density at radius 2 is 2.15 bits per heavy atom. The number of amides is 1. The van der Waals surface area contributed by atoms with Gasteiger partial charge in [-0.05, 0) is 36.6 Å². The molecule has 0 aliphatic carbocycles. The summed E-state index contributed by atoms with van der Waals surface area (Å²) in [6.45, 7) is 3.21. The minimum Gasteiger partial charge on any atom is -0.494 e. The Morgan fingerprint density at radius 3 is 2.88 bits per heavy atom. The molecule has 0 atom stereocenters. The Labute approximate surface area is 163 Å². The van der Waals surface area contributed by atoms with Crippen molar-refractivity contribution in [2.24, 2.45) is 0 Å². The summed E-state index contributed by atoms with van der Waals surface area (Å²) >= 11 is 6.58. The van der Waals surface area contributed by atoms with E-state index in [0.29, 0.717) is 28.8 Å². The van der Waals surface area contributed by atoms with Crippen LogP contribution in [0.3, 0.4) is 0 Å². The number of carbonyl (C=O) groups is 2. The second-order valence-electron chi connectivity index (χ2n) is 5.79. The number of ether oxygens (including phenoxy) is 2. The number of hydrogen-bond acceptors (Lipinski definition) is 6. The summed E-state index contributed by atoms with van der Waals surface area (Å²) in [5, 5.41) is 0. The number of rotatable bonds is 9. The molecule has 0 unspecified atom stereocenters. The highest BCUT2D eigenvalue weighted by Crippen LogP contribution is 2.33. The highest BCUT2D eigenvalue weighted by Gasteiger charge is 2.31. The van der Waals surface area contributed by atoms with E-state index < -0.39 is 0 Å². The lowest BCUT2D eigenvalue weighted by molar-refractivity contribution is -0.141. The van der Waals surface area contributed by atoms with Crippen LogP contribution in [0, 0.1) is 0 Å². The Hall–Kier alpha value is -1.86. The Balaban J connectivity index is 2.00. The minimum absolute atomic E-state index is 0.123. The van der Waals surface area contributed by atoms with Crippen LogP contribution in [0.4, 0.5) is 0 Å². The van der Waals surface area contributed by atoms with Crippen molar-refractivity contribution in [2.75, 3.05) is 20.3 Å². The van der Waals surface area contributed by atoms with Gasteiger partial charge in [-0.25, -0.2) is 0 Å². The summed E-state index contributed by atoms with van der Waals surface area (Å²) in [6, 6.07) is 7.66. The predicted molar refractivity (Wildman–Crippen MR) is 108 cm³/mol. The van der Waals surface area contributed by atoms with E-state index in [9.17, 15) is 9.59 Å². The van der Waals surface area contributed by atoms with Crippen LogP contribution < -0.4 is 4.74 Å². The molecular formula is C19H23NO4S2. The van der Waals surface area contributed by atoms with Crippen molar-refractivity contribution in [2.45, 2.75) is 32.6 Å². The maximum atomic E-state index is 12.6. The standard InChI is InChI=1S/C19H23NO4S2/c1-3-4-11-24-15-8-5-7-14(12-15)13-16-18(22)20(19(25)26-16)10-6-9-17(21)23-2/h5,7-8,12-13H,3-4,6,9-11H2,1-2H3/b16-13+. The van der Waals surface area contributed by atoms with Crippen LogP contribution in [0.5, 0.6) is 5.75 Å². The Morgan fingerprint density at radius 1 is 1.35 bits per heavy atom. The zero-order chi connectivity index (χ0) is 18.9. The first-order chi connectivity index (χ1) is 12.5. The van der Waals surface area contributed by atoms with E-state index in [1.54, 1.807) is 0 Å². The molecule has 1 aliphatic heterocycles. The van der Waals surface area contributed by atoms with Crippen molar-refractivity contribution in [3.63, 3.8) is 0 Å². The second-order valence-corrected chi connectivity index (χ2v) is 7.46. The lowest BCUT2D eigenvalue weighted by Gasteiger charge is -2.13. The van der Waals surface area contributed by atoms with Gasteiger partial charge in [0.15, 0.2) is 0 Å². The van der Waals surface area contributed by atoms with Gasteiger partial charge in [-0.3, -0.25) is 14.5 Å². The number of esters is 1. The molecule has 0 bridgehead atoms. The van der Waals surface area contributed by atoms with E-state index in [1.165, 1.54) is 23.8 Å². The molecule has 2 rings (SSSR count). The van der Waals surface area contributed by atoms with Crippen LogP contribution in [-0.2, 0) is 14.3 Å². The van der Waals surface area contributed by atoms with Gasteiger partial charge in [0, 0.05) is 13.0 Å². The molecule has 1 saturated heterocycles. The molecule has 5 nitrogen and oxygen atoms in total. The topological polar surface area (TPSA) is 55.8 Å². The molecule has 1 aromatic rings. The molecule has 26 heavy (non-hydrogen) atoms. The maximum absolute atomic E-state index is 12.6. The molecule has 0 aromatic heterocycles. The van der Waals surface area contributed by atoms with Crippen LogP contribution in [-0.4, -0.2) is 41.4 Å². The number of methoxy groups -OCH3 is 1. The van der Waals surface area contributed by atoms with Gasteiger partial charge in [-0.1, -0.05) is 49.5 Å². The van der Waals surface area contributed by atoms with Gasteiger partial charge in [0.05, 0.1) is 18.6 Å². The zero-order valence-electron chi connectivity index (χ0n) is 15.0. The lowest BCUT2D eigenvalue weighted by Crippen LogP contribution is -2.29. The molecule has 1 fully saturated rings. The largest absolute Gasteiger partial charge is 0.494 e. The molecule has 0 N–H and O–H groups in total.